The smallest absolute Gasteiger partial charge is 0.264 e. The van der Waals surface area contributed by atoms with E-state index in [1.54, 1.807) is 4.90 Å². The first-order chi connectivity index (χ1) is 13.1. The second kappa shape index (κ2) is 7.72. The summed E-state index contributed by atoms with van der Waals surface area (Å²) in [6.45, 7) is 0.645. The SMILES string of the molecule is Nc1ccc2c(c1)CCCC2NC(=O)C1CCCCN1C(=O)c1cccs1. The van der Waals surface area contributed by atoms with Crippen LogP contribution in [0.3, 0.4) is 0 Å². The van der Waals surface area contributed by atoms with Crippen molar-refractivity contribution in [1.29, 1.82) is 0 Å². The zero-order valence-corrected chi connectivity index (χ0v) is 16.1. The van der Waals surface area contributed by atoms with Crippen molar-refractivity contribution in [3.05, 3.63) is 51.7 Å². The lowest BCUT2D eigenvalue weighted by molar-refractivity contribution is -0.127. The number of nitrogens with two attached hydrogens (primary N) is 1. The lowest BCUT2D eigenvalue weighted by Crippen LogP contribution is -2.52. The molecule has 3 N–H and O–H groups in total. The third kappa shape index (κ3) is 3.72. The van der Waals surface area contributed by atoms with Gasteiger partial charge in [-0.15, -0.1) is 11.3 Å². The number of carbonyl (C=O) groups is 2. The Morgan fingerprint density at radius 3 is 2.85 bits per heavy atom. The molecule has 0 saturated carbocycles. The van der Waals surface area contributed by atoms with Crippen molar-refractivity contribution in [1.82, 2.24) is 10.2 Å². The number of nitrogens with one attached hydrogen (secondary N) is 1. The summed E-state index contributed by atoms with van der Waals surface area (Å²) in [7, 11) is 0. The minimum atomic E-state index is -0.382. The fraction of sp³-hybridized carbons (Fsp3) is 0.429. The van der Waals surface area contributed by atoms with Crippen molar-refractivity contribution in [3.63, 3.8) is 0 Å². The summed E-state index contributed by atoms with van der Waals surface area (Å²) in [5.74, 6) is -0.0593. The minimum Gasteiger partial charge on any atom is -0.399 e. The average molecular weight is 384 g/mol. The molecular weight excluding hydrogens is 358 g/mol. The maximum atomic E-state index is 13.1. The lowest BCUT2D eigenvalue weighted by Gasteiger charge is -2.36. The molecule has 27 heavy (non-hydrogen) atoms. The molecule has 1 aromatic carbocycles. The van der Waals surface area contributed by atoms with E-state index in [2.05, 4.69) is 5.32 Å². The van der Waals surface area contributed by atoms with E-state index < -0.39 is 0 Å². The quantitative estimate of drug-likeness (QED) is 0.797. The van der Waals surface area contributed by atoms with Gasteiger partial charge in [-0.05, 0) is 73.2 Å². The fourth-order valence-electron chi connectivity index (χ4n) is 4.24. The zero-order valence-electron chi connectivity index (χ0n) is 15.3. The Balaban J connectivity index is 1.51. The summed E-state index contributed by atoms with van der Waals surface area (Å²) < 4.78 is 0. The Morgan fingerprint density at radius 2 is 2.04 bits per heavy atom. The Bertz CT molecular complexity index is 834. The van der Waals surface area contributed by atoms with Crippen molar-refractivity contribution in [2.45, 2.75) is 50.6 Å². The summed E-state index contributed by atoms with van der Waals surface area (Å²) in [6, 6.07) is 9.27. The summed E-state index contributed by atoms with van der Waals surface area (Å²) >= 11 is 1.43. The molecule has 0 spiro atoms. The molecule has 0 radical (unpaired) electrons. The average Bonchev–Trinajstić information content (AvgIpc) is 3.22. The monoisotopic (exact) mass is 383 g/mol. The first-order valence-electron chi connectivity index (χ1n) is 9.66. The molecule has 142 valence electrons. The number of fused-ring (bicyclic) bond motifs is 1. The van der Waals surface area contributed by atoms with Gasteiger partial charge in [0.25, 0.3) is 5.91 Å². The number of hydrogen-bond donors (Lipinski definition) is 2. The van der Waals surface area contributed by atoms with Crippen LogP contribution in [0.4, 0.5) is 5.69 Å². The predicted molar refractivity (Wildman–Crippen MR) is 108 cm³/mol. The van der Waals surface area contributed by atoms with Crippen LogP contribution < -0.4 is 11.1 Å². The van der Waals surface area contributed by atoms with Gasteiger partial charge in [-0.25, -0.2) is 0 Å². The summed E-state index contributed by atoms with van der Waals surface area (Å²) in [5.41, 5.74) is 9.06. The van der Waals surface area contributed by atoms with Crippen molar-refractivity contribution in [2.75, 3.05) is 12.3 Å². The number of rotatable bonds is 3. The summed E-state index contributed by atoms with van der Waals surface area (Å²) in [6.07, 6.45) is 5.61. The van der Waals surface area contributed by atoms with Crippen LogP contribution in [0.5, 0.6) is 0 Å². The molecule has 4 rings (SSSR count). The molecule has 2 heterocycles. The maximum Gasteiger partial charge on any atom is 0.264 e. The van der Waals surface area contributed by atoms with Gasteiger partial charge in [0.1, 0.15) is 6.04 Å². The summed E-state index contributed by atoms with van der Waals surface area (Å²) in [4.78, 5) is 28.4. The molecule has 2 aliphatic rings. The third-order valence-electron chi connectivity index (χ3n) is 5.60. The van der Waals surface area contributed by atoms with Crippen LogP contribution >= 0.6 is 11.3 Å². The maximum absolute atomic E-state index is 13.1. The number of likely N-dealkylation sites (tertiary alicyclic amines) is 1. The van der Waals surface area contributed by atoms with Gasteiger partial charge in [-0.2, -0.15) is 0 Å². The van der Waals surface area contributed by atoms with Crippen LogP contribution in [-0.4, -0.2) is 29.3 Å². The highest BCUT2D eigenvalue weighted by atomic mass is 32.1. The second-order valence-corrected chi connectivity index (χ2v) is 8.35. The van der Waals surface area contributed by atoms with Crippen molar-refractivity contribution < 1.29 is 9.59 Å². The number of thiophene rings is 1. The van der Waals surface area contributed by atoms with Crippen LogP contribution in [0.25, 0.3) is 0 Å². The van der Waals surface area contributed by atoms with E-state index in [0.717, 1.165) is 49.8 Å². The van der Waals surface area contributed by atoms with Gasteiger partial charge in [-0.1, -0.05) is 12.1 Å². The molecule has 1 aromatic heterocycles. The molecule has 1 saturated heterocycles. The third-order valence-corrected chi connectivity index (χ3v) is 6.45. The molecule has 2 atom stereocenters. The molecule has 5 nitrogen and oxygen atoms in total. The molecule has 2 aromatic rings. The predicted octanol–water partition coefficient (Wildman–Crippen LogP) is 3.52. The van der Waals surface area contributed by atoms with Gasteiger partial charge in [-0.3, -0.25) is 9.59 Å². The number of carbonyl (C=O) groups excluding carboxylic acids is 2. The van der Waals surface area contributed by atoms with E-state index in [9.17, 15) is 9.59 Å². The van der Waals surface area contributed by atoms with Crippen molar-refractivity contribution in [2.24, 2.45) is 0 Å². The van der Waals surface area contributed by atoms with Crippen LogP contribution in [0.15, 0.2) is 35.7 Å². The number of amides is 2. The zero-order chi connectivity index (χ0) is 18.8. The van der Waals surface area contributed by atoms with Gasteiger partial charge in [0.2, 0.25) is 5.91 Å². The van der Waals surface area contributed by atoms with Crippen molar-refractivity contribution in [3.8, 4) is 0 Å². The van der Waals surface area contributed by atoms with E-state index >= 15 is 0 Å². The van der Waals surface area contributed by atoms with E-state index in [1.807, 2.05) is 35.7 Å². The first kappa shape index (κ1) is 18.0. The first-order valence-corrected chi connectivity index (χ1v) is 10.5. The molecular formula is C21H25N3O2S. The van der Waals surface area contributed by atoms with E-state index in [4.69, 9.17) is 5.73 Å². The Labute approximate surface area is 163 Å². The van der Waals surface area contributed by atoms with E-state index in [1.165, 1.54) is 16.9 Å². The molecule has 1 fully saturated rings. The largest absolute Gasteiger partial charge is 0.399 e. The van der Waals surface area contributed by atoms with Gasteiger partial charge >= 0.3 is 0 Å². The second-order valence-electron chi connectivity index (χ2n) is 7.40. The number of nitrogens with zero attached hydrogens (tertiary/aromatic N) is 1. The van der Waals surface area contributed by atoms with Crippen LogP contribution in [-0.2, 0) is 11.2 Å². The number of hydrogen-bond acceptors (Lipinski definition) is 4. The molecule has 6 heteroatoms. The molecule has 2 amide bonds. The fourth-order valence-corrected chi connectivity index (χ4v) is 4.92. The molecule has 1 aliphatic carbocycles. The number of anilines is 1. The van der Waals surface area contributed by atoms with Gasteiger partial charge in [0, 0.05) is 12.2 Å². The number of nitrogen functional groups attached to an aromatic ring is 1. The van der Waals surface area contributed by atoms with Crippen LogP contribution in [0.1, 0.15) is 58.9 Å². The van der Waals surface area contributed by atoms with Gasteiger partial charge in [0.05, 0.1) is 10.9 Å². The highest BCUT2D eigenvalue weighted by molar-refractivity contribution is 7.12. The normalized spacial score (nSPS) is 22.1. The number of aryl methyl sites for hydroxylation is 1. The van der Waals surface area contributed by atoms with Crippen molar-refractivity contribution >= 4 is 28.8 Å². The highest BCUT2D eigenvalue weighted by Crippen LogP contribution is 2.31. The molecule has 2 unspecified atom stereocenters. The van der Waals surface area contributed by atoms with Gasteiger partial charge in [0.15, 0.2) is 0 Å². The standard InChI is InChI=1S/C21H25N3O2S/c22-15-9-10-16-14(13-15)5-3-6-17(16)23-20(25)18-7-1-2-11-24(18)21(26)19-8-4-12-27-19/h4,8-10,12-13,17-18H,1-3,5-7,11,22H2,(H,23,25). The topological polar surface area (TPSA) is 75.4 Å². The lowest BCUT2D eigenvalue weighted by atomic mass is 9.87. The Morgan fingerprint density at radius 1 is 1.15 bits per heavy atom. The van der Waals surface area contributed by atoms with Crippen LogP contribution in [0.2, 0.25) is 0 Å². The number of benzene rings is 1. The van der Waals surface area contributed by atoms with E-state index in [0.29, 0.717) is 11.4 Å². The molecule has 1 aliphatic heterocycles. The molecule has 0 bridgehead atoms. The Kier molecular flexibility index (Phi) is 5.16. The minimum absolute atomic E-state index is 0.00228. The highest BCUT2D eigenvalue weighted by Gasteiger charge is 2.34. The van der Waals surface area contributed by atoms with Gasteiger partial charge < -0.3 is 16.0 Å². The summed E-state index contributed by atoms with van der Waals surface area (Å²) in [5, 5.41) is 5.12. The number of piperidine rings is 1. The Hall–Kier alpha value is -2.34. The van der Waals surface area contributed by atoms with E-state index in [-0.39, 0.29) is 23.9 Å². The van der Waals surface area contributed by atoms with Crippen LogP contribution in [0, 0.1) is 0 Å².